The third kappa shape index (κ3) is 5.23. The van der Waals surface area contributed by atoms with Gasteiger partial charge in [-0.25, -0.2) is 5.43 Å². The minimum absolute atomic E-state index is 0.00327. The number of nitro benzene ring substituents is 2. The molecule has 0 atom stereocenters. The van der Waals surface area contributed by atoms with Gasteiger partial charge in [0.2, 0.25) is 5.75 Å². The van der Waals surface area contributed by atoms with Crippen molar-refractivity contribution in [2.24, 2.45) is 5.10 Å². The Kier molecular flexibility index (Phi) is 6.60. The number of nitrogens with zero attached hydrogens (tertiary/aromatic N) is 3. The quantitative estimate of drug-likeness (QED) is 0.371. The summed E-state index contributed by atoms with van der Waals surface area (Å²) in [4.78, 5) is 32.3. The molecular weight excluding hydrogens is 440 g/mol. The van der Waals surface area contributed by atoms with Gasteiger partial charge in [-0.1, -0.05) is 22.0 Å². The topological polar surface area (TPSA) is 157 Å². The molecule has 2 aromatic rings. The highest BCUT2D eigenvalue weighted by Crippen LogP contribution is 2.32. The second-order valence-corrected chi connectivity index (χ2v) is 6.35. The third-order valence-corrected chi connectivity index (χ3v) is 3.80. The molecule has 2 aromatic carbocycles. The van der Waals surface area contributed by atoms with Crippen molar-refractivity contribution < 1.29 is 24.5 Å². The van der Waals surface area contributed by atoms with Crippen LogP contribution >= 0.6 is 15.9 Å². The number of hydrogen-bond acceptors (Lipinski definition) is 8. The van der Waals surface area contributed by atoms with Crippen LogP contribution in [-0.2, 0) is 4.79 Å². The van der Waals surface area contributed by atoms with Gasteiger partial charge in [-0.15, -0.1) is 0 Å². The maximum absolute atomic E-state index is 11.8. The first kappa shape index (κ1) is 20.8. The fraction of sp³-hybridized carbons (Fsp3) is 0.125. The first-order valence-corrected chi connectivity index (χ1v) is 8.35. The smallest absolute Gasteiger partial charge is 0.312 e. The molecule has 0 aliphatic heterocycles. The number of benzene rings is 2. The average Bonchev–Trinajstić information content (AvgIpc) is 2.62. The van der Waals surface area contributed by atoms with E-state index >= 15 is 0 Å². The van der Waals surface area contributed by atoms with Crippen LogP contribution in [0.2, 0.25) is 0 Å². The number of hydrogen-bond donors (Lipinski definition) is 2. The van der Waals surface area contributed by atoms with E-state index in [-0.39, 0.29) is 17.0 Å². The van der Waals surface area contributed by atoms with Crippen LogP contribution in [0.25, 0.3) is 0 Å². The molecule has 0 aromatic heterocycles. The number of aryl methyl sites for hydroxylation is 1. The van der Waals surface area contributed by atoms with Crippen molar-refractivity contribution in [2.45, 2.75) is 6.92 Å². The van der Waals surface area contributed by atoms with Crippen LogP contribution in [0.1, 0.15) is 11.1 Å². The summed E-state index contributed by atoms with van der Waals surface area (Å²) in [6.45, 7) is 1.13. The zero-order chi connectivity index (χ0) is 20.8. The number of rotatable bonds is 7. The molecule has 1 amide bonds. The van der Waals surface area contributed by atoms with Crippen LogP contribution < -0.4 is 10.2 Å². The van der Waals surface area contributed by atoms with E-state index in [1.165, 1.54) is 18.2 Å². The molecule has 2 rings (SSSR count). The molecule has 12 heteroatoms. The first-order chi connectivity index (χ1) is 13.2. The van der Waals surface area contributed by atoms with Crippen LogP contribution in [0.5, 0.6) is 11.5 Å². The number of carbonyl (C=O) groups excluding carboxylic acids is 1. The maximum atomic E-state index is 11.8. The van der Waals surface area contributed by atoms with Gasteiger partial charge in [-0.2, -0.15) is 5.10 Å². The molecular formula is C16H13BrN4O7. The lowest BCUT2D eigenvalue weighted by molar-refractivity contribution is -0.386. The monoisotopic (exact) mass is 452 g/mol. The highest BCUT2D eigenvalue weighted by Gasteiger charge is 2.18. The number of hydrazone groups is 1. The second kappa shape index (κ2) is 8.90. The van der Waals surface area contributed by atoms with E-state index in [0.717, 1.165) is 12.3 Å². The number of aromatic hydroxyl groups is 1. The van der Waals surface area contributed by atoms with Crippen LogP contribution in [0, 0.1) is 27.2 Å². The summed E-state index contributed by atoms with van der Waals surface area (Å²) in [7, 11) is 0. The van der Waals surface area contributed by atoms with E-state index < -0.39 is 33.8 Å². The van der Waals surface area contributed by atoms with Gasteiger partial charge in [0, 0.05) is 22.2 Å². The van der Waals surface area contributed by atoms with Crippen molar-refractivity contribution in [3.8, 4) is 11.5 Å². The zero-order valence-electron chi connectivity index (χ0n) is 14.3. The standard InChI is InChI=1S/C16H13BrN4O7/c1-9-2-3-14(12(4-9)20(24)25)28-8-15(22)19-18-7-10-5-11(17)6-13(16(10)23)21(26)27/h2-7,23H,8H2,1H3,(H,19,22)/b18-7+. The SMILES string of the molecule is Cc1ccc(OCC(=O)N/N=C/c2cc(Br)cc([N+](=O)[O-])c2O)c([N+](=O)[O-])c1. The summed E-state index contributed by atoms with van der Waals surface area (Å²) in [6, 6.07) is 6.77. The van der Waals surface area contributed by atoms with E-state index in [2.05, 4.69) is 26.5 Å². The summed E-state index contributed by atoms with van der Waals surface area (Å²) in [5.41, 5.74) is 1.95. The summed E-state index contributed by atoms with van der Waals surface area (Å²) in [5.74, 6) is -1.41. The van der Waals surface area contributed by atoms with Gasteiger partial charge in [0.1, 0.15) is 0 Å². The zero-order valence-corrected chi connectivity index (χ0v) is 15.9. The molecule has 0 unspecified atom stereocenters. The highest BCUT2D eigenvalue weighted by atomic mass is 79.9. The molecule has 0 radical (unpaired) electrons. The van der Waals surface area contributed by atoms with Gasteiger partial charge in [0.15, 0.2) is 12.4 Å². The number of nitro groups is 2. The number of ether oxygens (including phenoxy) is 1. The molecule has 0 spiro atoms. The van der Waals surface area contributed by atoms with E-state index in [4.69, 9.17) is 4.74 Å². The van der Waals surface area contributed by atoms with Crippen molar-refractivity contribution in [1.29, 1.82) is 0 Å². The molecule has 0 bridgehead atoms. The number of amides is 1. The minimum Gasteiger partial charge on any atom is -0.502 e. The lowest BCUT2D eigenvalue weighted by Crippen LogP contribution is -2.24. The summed E-state index contributed by atoms with van der Waals surface area (Å²) in [5, 5.41) is 35.3. The third-order valence-electron chi connectivity index (χ3n) is 3.34. The van der Waals surface area contributed by atoms with E-state index in [0.29, 0.717) is 10.0 Å². The van der Waals surface area contributed by atoms with E-state index in [1.807, 2.05) is 0 Å². The predicted molar refractivity (Wildman–Crippen MR) is 102 cm³/mol. The summed E-state index contributed by atoms with van der Waals surface area (Å²) >= 11 is 3.07. The maximum Gasteiger partial charge on any atom is 0.312 e. The Morgan fingerprint density at radius 1 is 1.25 bits per heavy atom. The van der Waals surface area contributed by atoms with Crippen molar-refractivity contribution in [3.63, 3.8) is 0 Å². The fourth-order valence-corrected chi connectivity index (χ4v) is 2.55. The molecule has 0 aliphatic carbocycles. The summed E-state index contributed by atoms with van der Waals surface area (Å²) in [6.07, 6.45) is 1.01. The van der Waals surface area contributed by atoms with Crippen LogP contribution in [0.4, 0.5) is 11.4 Å². The lowest BCUT2D eigenvalue weighted by Gasteiger charge is -2.06. The number of carbonyl (C=O) groups is 1. The normalized spacial score (nSPS) is 10.6. The number of phenolic OH excluding ortho intramolecular Hbond substituents is 1. The molecule has 0 fully saturated rings. The van der Waals surface area contributed by atoms with Gasteiger partial charge in [-0.3, -0.25) is 25.0 Å². The van der Waals surface area contributed by atoms with Crippen LogP contribution in [-0.4, -0.2) is 33.7 Å². The number of halogens is 1. The van der Waals surface area contributed by atoms with Gasteiger partial charge >= 0.3 is 11.4 Å². The lowest BCUT2D eigenvalue weighted by atomic mass is 10.2. The fourth-order valence-electron chi connectivity index (χ4n) is 2.08. The molecule has 0 aliphatic rings. The van der Waals surface area contributed by atoms with Gasteiger partial charge in [0.05, 0.1) is 16.1 Å². The van der Waals surface area contributed by atoms with E-state index in [9.17, 15) is 30.1 Å². The molecule has 146 valence electrons. The van der Waals surface area contributed by atoms with Crippen LogP contribution in [0.3, 0.4) is 0 Å². The summed E-state index contributed by atoms with van der Waals surface area (Å²) < 4.78 is 5.47. The van der Waals surface area contributed by atoms with Crippen molar-refractivity contribution in [2.75, 3.05) is 6.61 Å². The number of phenols is 1. The van der Waals surface area contributed by atoms with Crippen molar-refractivity contribution in [1.82, 2.24) is 5.43 Å². The molecule has 28 heavy (non-hydrogen) atoms. The first-order valence-electron chi connectivity index (χ1n) is 7.55. The molecule has 2 N–H and O–H groups in total. The Hall–Kier alpha value is -3.54. The van der Waals surface area contributed by atoms with Gasteiger partial charge < -0.3 is 9.84 Å². The predicted octanol–water partition coefficient (Wildman–Crippen LogP) is 2.81. The Labute approximate surface area is 166 Å². The Bertz CT molecular complexity index is 978. The molecule has 11 nitrogen and oxygen atoms in total. The Morgan fingerprint density at radius 2 is 1.93 bits per heavy atom. The number of nitrogens with one attached hydrogen (secondary N) is 1. The molecule has 0 heterocycles. The molecule has 0 saturated heterocycles. The van der Waals surface area contributed by atoms with Crippen molar-refractivity contribution >= 4 is 39.4 Å². The minimum atomic E-state index is -0.766. The Morgan fingerprint density at radius 3 is 2.57 bits per heavy atom. The molecule has 0 saturated carbocycles. The van der Waals surface area contributed by atoms with Gasteiger partial charge in [0.25, 0.3) is 5.91 Å². The van der Waals surface area contributed by atoms with E-state index in [1.54, 1.807) is 13.0 Å². The average molecular weight is 453 g/mol. The Balaban J connectivity index is 2.02. The highest BCUT2D eigenvalue weighted by molar-refractivity contribution is 9.10. The second-order valence-electron chi connectivity index (χ2n) is 5.43. The van der Waals surface area contributed by atoms with Crippen molar-refractivity contribution in [3.05, 3.63) is 66.2 Å². The largest absolute Gasteiger partial charge is 0.502 e. The van der Waals surface area contributed by atoms with Crippen LogP contribution in [0.15, 0.2) is 39.9 Å². The van der Waals surface area contributed by atoms with Gasteiger partial charge in [-0.05, 0) is 24.6 Å².